The second-order valence-corrected chi connectivity index (χ2v) is 5.52. The first-order valence-electron chi connectivity index (χ1n) is 7.00. The molecule has 0 amide bonds. The fourth-order valence-electron chi connectivity index (χ4n) is 2.82. The molecule has 1 heterocycles. The van der Waals surface area contributed by atoms with Gasteiger partial charge < -0.3 is 5.32 Å². The van der Waals surface area contributed by atoms with E-state index in [-0.39, 0.29) is 12.0 Å². The smallest absolute Gasteiger partial charge is 0.313 e. The van der Waals surface area contributed by atoms with E-state index < -0.39 is 12.6 Å². The van der Waals surface area contributed by atoms with Crippen molar-refractivity contribution < 1.29 is 13.2 Å². The highest BCUT2D eigenvalue weighted by molar-refractivity contribution is 5.25. The molecule has 2 nitrogen and oxygen atoms in total. The highest BCUT2D eigenvalue weighted by Gasteiger charge is 2.36. The summed E-state index contributed by atoms with van der Waals surface area (Å²) in [4.78, 5) is 2.17. The van der Waals surface area contributed by atoms with Crippen LogP contribution in [-0.4, -0.2) is 37.3 Å². The van der Waals surface area contributed by atoms with Crippen molar-refractivity contribution in [3.63, 3.8) is 0 Å². The van der Waals surface area contributed by atoms with Crippen LogP contribution in [0.5, 0.6) is 0 Å². The van der Waals surface area contributed by atoms with E-state index in [0.29, 0.717) is 6.54 Å². The Morgan fingerprint density at radius 2 is 1.95 bits per heavy atom. The molecule has 20 heavy (non-hydrogen) atoms. The van der Waals surface area contributed by atoms with E-state index in [2.05, 4.69) is 17.1 Å². The molecule has 2 rings (SSSR count). The summed E-state index contributed by atoms with van der Waals surface area (Å²) in [5.74, 6) is 0. The molecule has 0 radical (unpaired) electrons. The second-order valence-electron chi connectivity index (χ2n) is 5.52. The van der Waals surface area contributed by atoms with Gasteiger partial charge in [-0.2, -0.15) is 13.2 Å². The number of nitrogens with zero attached hydrogens (tertiary/aromatic N) is 1. The van der Waals surface area contributed by atoms with E-state index in [0.717, 1.165) is 25.2 Å². The first-order chi connectivity index (χ1) is 9.42. The molecule has 0 bridgehead atoms. The minimum Gasteiger partial charge on any atom is -0.313 e. The molecular formula is C15H21F3N2. The summed E-state index contributed by atoms with van der Waals surface area (Å²) in [6, 6.07) is 10.00. The maximum Gasteiger partial charge on any atom is 0.389 e. The van der Waals surface area contributed by atoms with Crippen LogP contribution in [0.2, 0.25) is 0 Å². The number of hydrogen-bond acceptors (Lipinski definition) is 2. The Balaban J connectivity index is 2.05. The van der Waals surface area contributed by atoms with Gasteiger partial charge in [0, 0.05) is 26.1 Å². The Bertz CT molecular complexity index is 419. The molecule has 0 aliphatic carbocycles. The fourth-order valence-corrected chi connectivity index (χ4v) is 2.82. The minimum absolute atomic E-state index is 0.159. The molecule has 1 unspecified atom stereocenters. The number of nitrogens with one attached hydrogen (secondary N) is 1. The molecule has 1 aliphatic heterocycles. The zero-order valence-corrected chi connectivity index (χ0v) is 11.7. The molecule has 1 atom stereocenters. The maximum atomic E-state index is 12.3. The molecule has 5 heteroatoms. The summed E-state index contributed by atoms with van der Waals surface area (Å²) in [6.45, 7) is 4.95. The standard InChI is InChI=1S/C15H21F3N2/c1-14(13-6-3-2-4-7-13)12-19-9-11-20(14)10-5-8-15(16,17)18/h2-4,6-7,19H,5,8-12H2,1H3. The number of hydrogen-bond donors (Lipinski definition) is 1. The highest BCUT2D eigenvalue weighted by Crippen LogP contribution is 2.30. The van der Waals surface area contributed by atoms with Gasteiger partial charge in [-0.1, -0.05) is 30.3 Å². The maximum absolute atomic E-state index is 12.3. The van der Waals surface area contributed by atoms with E-state index >= 15 is 0 Å². The van der Waals surface area contributed by atoms with Gasteiger partial charge in [-0.3, -0.25) is 4.90 Å². The summed E-state index contributed by atoms with van der Waals surface area (Å²) in [6.07, 6.45) is -4.61. The van der Waals surface area contributed by atoms with E-state index in [1.54, 1.807) is 0 Å². The summed E-state index contributed by atoms with van der Waals surface area (Å²) < 4.78 is 36.9. The first-order valence-corrected chi connectivity index (χ1v) is 7.00. The zero-order chi connectivity index (χ0) is 14.6. The predicted molar refractivity (Wildman–Crippen MR) is 73.5 cm³/mol. The lowest BCUT2D eigenvalue weighted by Gasteiger charge is -2.46. The van der Waals surface area contributed by atoms with Crippen molar-refractivity contribution >= 4 is 0 Å². The highest BCUT2D eigenvalue weighted by atomic mass is 19.4. The normalized spacial score (nSPS) is 24.8. The van der Waals surface area contributed by atoms with Gasteiger partial charge in [0.25, 0.3) is 0 Å². The minimum atomic E-state index is -4.06. The van der Waals surface area contributed by atoms with Crippen molar-refractivity contribution in [2.24, 2.45) is 0 Å². The molecule has 0 saturated carbocycles. The molecule has 1 saturated heterocycles. The van der Waals surface area contributed by atoms with Gasteiger partial charge >= 0.3 is 6.18 Å². The first kappa shape index (κ1) is 15.3. The lowest BCUT2D eigenvalue weighted by atomic mass is 9.88. The van der Waals surface area contributed by atoms with E-state index in [9.17, 15) is 13.2 Å². The van der Waals surface area contributed by atoms with Gasteiger partial charge in [0.1, 0.15) is 0 Å². The van der Waals surface area contributed by atoms with Crippen LogP contribution in [0.15, 0.2) is 30.3 Å². The molecular weight excluding hydrogens is 265 g/mol. The second kappa shape index (κ2) is 6.14. The third kappa shape index (κ3) is 3.73. The van der Waals surface area contributed by atoms with Gasteiger partial charge in [0.2, 0.25) is 0 Å². The summed E-state index contributed by atoms with van der Waals surface area (Å²) in [5.41, 5.74) is 0.921. The lowest BCUT2D eigenvalue weighted by molar-refractivity contribution is -0.137. The van der Waals surface area contributed by atoms with Crippen LogP contribution in [0.4, 0.5) is 13.2 Å². The summed E-state index contributed by atoms with van der Waals surface area (Å²) in [5, 5.41) is 3.35. The Labute approximate surface area is 118 Å². The monoisotopic (exact) mass is 286 g/mol. The van der Waals surface area contributed by atoms with Crippen molar-refractivity contribution in [2.75, 3.05) is 26.2 Å². The topological polar surface area (TPSA) is 15.3 Å². The van der Waals surface area contributed by atoms with Crippen molar-refractivity contribution in [3.05, 3.63) is 35.9 Å². The van der Waals surface area contributed by atoms with Crippen LogP contribution in [0.25, 0.3) is 0 Å². The van der Waals surface area contributed by atoms with Gasteiger partial charge in [0.15, 0.2) is 0 Å². The lowest BCUT2D eigenvalue weighted by Crippen LogP contribution is -2.57. The Morgan fingerprint density at radius 1 is 1.25 bits per heavy atom. The number of rotatable bonds is 4. The Kier molecular flexibility index (Phi) is 4.70. The number of alkyl halides is 3. The molecule has 112 valence electrons. The Hall–Kier alpha value is -1.07. The quantitative estimate of drug-likeness (QED) is 0.914. The summed E-state index contributed by atoms with van der Waals surface area (Å²) >= 11 is 0. The molecule has 1 aliphatic rings. The SMILES string of the molecule is CC1(c2ccccc2)CNCCN1CCCC(F)(F)F. The third-order valence-electron chi connectivity index (χ3n) is 4.01. The number of halogens is 3. The van der Waals surface area contributed by atoms with Crippen molar-refractivity contribution in [1.29, 1.82) is 0 Å². The van der Waals surface area contributed by atoms with Crippen LogP contribution < -0.4 is 5.32 Å². The van der Waals surface area contributed by atoms with Crippen LogP contribution in [0.3, 0.4) is 0 Å². The largest absolute Gasteiger partial charge is 0.389 e. The van der Waals surface area contributed by atoms with Crippen LogP contribution in [0, 0.1) is 0 Å². The molecule has 0 aromatic heterocycles. The summed E-state index contributed by atoms with van der Waals surface area (Å²) in [7, 11) is 0. The Morgan fingerprint density at radius 3 is 2.60 bits per heavy atom. The molecule has 1 N–H and O–H groups in total. The van der Waals surface area contributed by atoms with Crippen LogP contribution >= 0.6 is 0 Å². The fraction of sp³-hybridized carbons (Fsp3) is 0.600. The van der Waals surface area contributed by atoms with Crippen LogP contribution in [-0.2, 0) is 5.54 Å². The van der Waals surface area contributed by atoms with E-state index in [1.165, 1.54) is 0 Å². The van der Waals surface area contributed by atoms with Crippen molar-refractivity contribution in [2.45, 2.75) is 31.5 Å². The van der Waals surface area contributed by atoms with Gasteiger partial charge in [-0.05, 0) is 25.5 Å². The molecule has 1 aromatic rings. The number of piperazine rings is 1. The van der Waals surface area contributed by atoms with Crippen LogP contribution in [0.1, 0.15) is 25.3 Å². The molecule has 1 aromatic carbocycles. The van der Waals surface area contributed by atoms with E-state index in [1.807, 2.05) is 30.3 Å². The molecule has 1 fully saturated rings. The van der Waals surface area contributed by atoms with Gasteiger partial charge in [-0.15, -0.1) is 0 Å². The average molecular weight is 286 g/mol. The predicted octanol–water partition coefficient (Wildman–Crippen LogP) is 3.15. The molecule has 0 spiro atoms. The average Bonchev–Trinajstić information content (AvgIpc) is 2.41. The van der Waals surface area contributed by atoms with E-state index in [4.69, 9.17) is 0 Å². The number of benzene rings is 1. The zero-order valence-electron chi connectivity index (χ0n) is 11.7. The van der Waals surface area contributed by atoms with Crippen molar-refractivity contribution in [3.8, 4) is 0 Å². The van der Waals surface area contributed by atoms with Gasteiger partial charge in [-0.25, -0.2) is 0 Å². The van der Waals surface area contributed by atoms with Gasteiger partial charge in [0.05, 0.1) is 5.54 Å². The third-order valence-corrected chi connectivity index (χ3v) is 4.01. The van der Waals surface area contributed by atoms with Crippen molar-refractivity contribution in [1.82, 2.24) is 10.2 Å².